The van der Waals surface area contributed by atoms with Crippen molar-refractivity contribution in [3.63, 3.8) is 0 Å². The van der Waals surface area contributed by atoms with Gasteiger partial charge in [0.15, 0.2) is 0 Å². The Morgan fingerprint density at radius 3 is 3.00 bits per heavy atom. The van der Waals surface area contributed by atoms with Gasteiger partial charge in [-0.3, -0.25) is 4.90 Å². The maximum Gasteiger partial charge on any atom is 0.101 e. The molecule has 2 rings (SSSR count). The van der Waals surface area contributed by atoms with Crippen LogP contribution in [0, 0.1) is 3.70 Å². The highest BCUT2D eigenvalue weighted by atomic mass is 127. The Labute approximate surface area is 111 Å². The molecule has 88 valence electrons. The fourth-order valence-corrected chi connectivity index (χ4v) is 2.45. The molecule has 0 radical (unpaired) electrons. The molecule has 0 aliphatic carbocycles. The Hall–Kier alpha value is -0.200. The fraction of sp³-hybridized carbons (Fsp3) is 0.583. The summed E-state index contributed by atoms with van der Waals surface area (Å²) in [4.78, 5) is 9.34. The monoisotopic (exact) mass is 331 g/mol. The minimum atomic E-state index is 1.06. The van der Waals surface area contributed by atoms with Gasteiger partial charge in [0.1, 0.15) is 3.70 Å². The highest BCUT2D eigenvalue weighted by molar-refractivity contribution is 14.1. The van der Waals surface area contributed by atoms with Crippen molar-refractivity contribution in [1.29, 1.82) is 0 Å². The number of rotatable bonds is 3. The van der Waals surface area contributed by atoms with Crippen LogP contribution in [0.2, 0.25) is 0 Å². The van der Waals surface area contributed by atoms with Crippen LogP contribution >= 0.6 is 22.6 Å². The normalized spacial score (nSPS) is 16.5. The van der Waals surface area contributed by atoms with Gasteiger partial charge in [0.2, 0.25) is 0 Å². The lowest BCUT2D eigenvalue weighted by atomic mass is 10.1. The van der Waals surface area contributed by atoms with Crippen molar-refractivity contribution >= 4 is 22.6 Å². The van der Waals surface area contributed by atoms with E-state index in [2.05, 4.69) is 63.6 Å². The number of pyridine rings is 1. The second-order valence-corrected chi connectivity index (χ2v) is 5.67. The Balaban J connectivity index is 1.98. The zero-order chi connectivity index (χ0) is 11.5. The summed E-state index contributed by atoms with van der Waals surface area (Å²) in [7, 11) is 4.25. The SMILES string of the molecule is CN(C)CCN1CCc2nc(I)ccc2C1. The second kappa shape index (κ2) is 5.42. The molecule has 0 N–H and O–H groups in total. The lowest BCUT2D eigenvalue weighted by Crippen LogP contribution is -2.36. The maximum atomic E-state index is 4.59. The zero-order valence-electron chi connectivity index (χ0n) is 9.91. The summed E-state index contributed by atoms with van der Waals surface area (Å²) in [6, 6.07) is 4.33. The van der Waals surface area contributed by atoms with Gasteiger partial charge in [-0.15, -0.1) is 0 Å². The number of nitrogens with zero attached hydrogens (tertiary/aromatic N) is 3. The van der Waals surface area contributed by atoms with Crippen molar-refractivity contribution in [2.24, 2.45) is 0 Å². The Morgan fingerprint density at radius 2 is 2.25 bits per heavy atom. The molecular weight excluding hydrogens is 313 g/mol. The molecule has 1 aliphatic heterocycles. The number of likely N-dealkylation sites (N-methyl/N-ethyl adjacent to an activating group) is 1. The van der Waals surface area contributed by atoms with Crippen molar-refractivity contribution in [2.75, 3.05) is 33.7 Å². The van der Waals surface area contributed by atoms with Crippen LogP contribution in [0.25, 0.3) is 0 Å². The van der Waals surface area contributed by atoms with E-state index in [1.807, 2.05) is 0 Å². The van der Waals surface area contributed by atoms with E-state index in [1.54, 1.807) is 0 Å². The molecule has 0 spiro atoms. The van der Waals surface area contributed by atoms with Gasteiger partial charge in [0.05, 0.1) is 0 Å². The first-order valence-corrected chi connectivity index (χ1v) is 6.74. The zero-order valence-corrected chi connectivity index (χ0v) is 12.1. The molecule has 1 aromatic heterocycles. The van der Waals surface area contributed by atoms with Crippen LogP contribution in [-0.2, 0) is 13.0 Å². The fourth-order valence-electron chi connectivity index (χ4n) is 1.98. The number of hydrogen-bond donors (Lipinski definition) is 0. The molecule has 16 heavy (non-hydrogen) atoms. The molecule has 0 atom stereocenters. The molecule has 0 aromatic carbocycles. The number of hydrogen-bond acceptors (Lipinski definition) is 3. The van der Waals surface area contributed by atoms with Gasteiger partial charge in [-0.25, -0.2) is 4.98 Å². The van der Waals surface area contributed by atoms with E-state index in [4.69, 9.17) is 0 Å². The lowest BCUT2D eigenvalue weighted by Gasteiger charge is -2.29. The van der Waals surface area contributed by atoms with E-state index >= 15 is 0 Å². The lowest BCUT2D eigenvalue weighted by molar-refractivity contribution is 0.223. The van der Waals surface area contributed by atoms with Crippen LogP contribution in [-0.4, -0.2) is 48.5 Å². The van der Waals surface area contributed by atoms with Crippen LogP contribution < -0.4 is 0 Å². The molecule has 0 saturated carbocycles. The van der Waals surface area contributed by atoms with Crippen molar-refractivity contribution < 1.29 is 0 Å². The van der Waals surface area contributed by atoms with Crippen LogP contribution in [0.15, 0.2) is 12.1 Å². The third-order valence-electron chi connectivity index (χ3n) is 2.96. The van der Waals surface area contributed by atoms with E-state index in [0.29, 0.717) is 0 Å². The molecule has 0 saturated heterocycles. The summed E-state index contributed by atoms with van der Waals surface area (Å²) < 4.78 is 1.11. The Kier molecular flexibility index (Phi) is 4.16. The van der Waals surface area contributed by atoms with E-state index in [1.165, 1.54) is 11.3 Å². The van der Waals surface area contributed by atoms with Gasteiger partial charge in [0, 0.05) is 38.3 Å². The van der Waals surface area contributed by atoms with Crippen LogP contribution in [0.3, 0.4) is 0 Å². The molecule has 0 amide bonds. The van der Waals surface area contributed by atoms with E-state index < -0.39 is 0 Å². The summed E-state index contributed by atoms with van der Waals surface area (Å²) >= 11 is 2.29. The third kappa shape index (κ3) is 3.15. The summed E-state index contributed by atoms with van der Waals surface area (Å²) in [5, 5.41) is 0. The van der Waals surface area contributed by atoms with Crippen LogP contribution in [0.1, 0.15) is 11.3 Å². The molecule has 0 fully saturated rings. The molecule has 4 heteroatoms. The topological polar surface area (TPSA) is 19.4 Å². The largest absolute Gasteiger partial charge is 0.308 e. The summed E-state index contributed by atoms with van der Waals surface area (Å²) in [5.41, 5.74) is 2.71. The van der Waals surface area contributed by atoms with E-state index in [9.17, 15) is 0 Å². The smallest absolute Gasteiger partial charge is 0.101 e. The Morgan fingerprint density at radius 1 is 1.44 bits per heavy atom. The van der Waals surface area contributed by atoms with Gasteiger partial charge in [0.25, 0.3) is 0 Å². The van der Waals surface area contributed by atoms with Crippen molar-refractivity contribution in [1.82, 2.24) is 14.8 Å². The van der Waals surface area contributed by atoms with Gasteiger partial charge in [-0.2, -0.15) is 0 Å². The highest BCUT2D eigenvalue weighted by Gasteiger charge is 2.16. The summed E-state index contributed by atoms with van der Waals surface area (Å²) in [5.74, 6) is 0. The number of halogens is 1. The standard InChI is InChI=1S/C12H18IN3/c1-15(2)7-8-16-6-5-11-10(9-16)3-4-12(13)14-11/h3-4H,5-9H2,1-2H3. The minimum Gasteiger partial charge on any atom is -0.308 e. The Bertz CT molecular complexity index is 365. The third-order valence-corrected chi connectivity index (χ3v) is 3.56. The maximum absolute atomic E-state index is 4.59. The highest BCUT2D eigenvalue weighted by Crippen LogP contribution is 2.17. The molecule has 3 nitrogen and oxygen atoms in total. The first kappa shape index (κ1) is 12.3. The molecular formula is C12H18IN3. The van der Waals surface area contributed by atoms with Gasteiger partial charge in [-0.1, -0.05) is 6.07 Å². The number of fused-ring (bicyclic) bond motifs is 1. The van der Waals surface area contributed by atoms with E-state index in [-0.39, 0.29) is 0 Å². The van der Waals surface area contributed by atoms with Gasteiger partial charge >= 0.3 is 0 Å². The first-order chi connectivity index (χ1) is 7.65. The predicted molar refractivity (Wildman–Crippen MR) is 74.5 cm³/mol. The average Bonchev–Trinajstić information content (AvgIpc) is 2.26. The molecule has 0 unspecified atom stereocenters. The average molecular weight is 331 g/mol. The summed E-state index contributed by atoms with van der Waals surface area (Å²) in [6.07, 6.45) is 1.10. The number of aromatic nitrogens is 1. The first-order valence-electron chi connectivity index (χ1n) is 5.66. The molecule has 1 aromatic rings. The minimum absolute atomic E-state index is 1.06. The molecule has 1 aliphatic rings. The second-order valence-electron chi connectivity index (χ2n) is 4.57. The van der Waals surface area contributed by atoms with Crippen LogP contribution in [0.4, 0.5) is 0 Å². The summed E-state index contributed by atoms with van der Waals surface area (Å²) in [6.45, 7) is 4.49. The van der Waals surface area contributed by atoms with Crippen molar-refractivity contribution in [2.45, 2.75) is 13.0 Å². The predicted octanol–water partition coefficient (Wildman–Crippen LogP) is 1.61. The van der Waals surface area contributed by atoms with Gasteiger partial charge < -0.3 is 4.90 Å². The van der Waals surface area contributed by atoms with Gasteiger partial charge in [-0.05, 0) is 48.3 Å². The molecule has 0 bridgehead atoms. The van der Waals surface area contributed by atoms with Crippen LogP contribution in [0.5, 0.6) is 0 Å². The molecule has 2 heterocycles. The quantitative estimate of drug-likeness (QED) is 0.620. The van der Waals surface area contributed by atoms with Crippen molar-refractivity contribution in [3.05, 3.63) is 27.1 Å². The van der Waals surface area contributed by atoms with Crippen molar-refractivity contribution in [3.8, 4) is 0 Å². The van der Waals surface area contributed by atoms with E-state index in [0.717, 1.165) is 36.3 Å².